The predicted molar refractivity (Wildman–Crippen MR) is 82.9 cm³/mol. The van der Waals surface area contributed by atoms with Gasteiger partial charge in [0.15, 0.2) is 0 Å². The molecule has 0 heterocycles. The molecule has 0 atom stereocenters. The van der Waals surface area contributed by atoms with Crippen molar-refractivity contribution in [1.82, 2.24) is 4.72 Å². The molecule has 0 aliphatic heterocycles. The molecular formula is C14H24N2O4S. The summed E-state index contributed by atoms with van der Waals surface area (Å²) in [5.41, 5.74) is 6.07. The van der Waals surface area contributed by atoms with E-state index in [2.05, 4.69) is 18.6 Å². The van der Waals surface area contributed by atoms with E-state index in [0.29, 0.717) is 43.5 Å². The lowest BCUT2D eigenvalue weighted by Gasteiger charge is -2.10. The van der Waals surface area contributed by atoms with Crippen LogP contribution in [0.2, 0.25) is 0 Å². The predicted octanol–water partition coefficient (Wildman–Crippen LogP) is 1.62. The van der Waals surface area contributed by atoms with Gasteiger partial charge in [-0.2, -0.15) is 0 Å². The molecular weight excluding hydrogens is 292 g/mol. The van der Waals surface area contributed by atoms with Crippen LogP contribution in [0.3, 0.4) is 0 Å². The average Bonchev–Trinajstić information content (AvgIpc) is 2.42. The fraction of sp³-hybridized carbons (Fsp3) is 0.571. The molecule has 0 saturated heterocycles. The van der Waals surface area contributed by atoms with Gasteiger partial charge in [0.1, 0.15) is 5.75 Å². The van der Waals surface area contributed by atoms with Crippen LogP contribution in [0.4, 0.5) is 5.69 Å². The summed E-state index contributed by atoms with van der Waals surface area (Å²) in [5.74, 6) is 0.821. The Bertz CT molecular complexity index is 544. The van der Waals surface area contributed by atoms with Crippen LogP contribution in [-0.4, -0.2) is 35.3 Å². The van der Waals surface area contributed by atoms with E-state index in [1.54, 1.807) is 0 Å². The first-order chi connectivity index (χ1) is 9.86. The zero-order valence-corrected chi connectivity index (χ0v) is 13.6. The summed E-state index contributed by atoms with van der Waals surface area (Å²) in [7, 11) is -2.11. The number of hydrogen-bond donors (Lipinski definition) is 2. The highest BCUT2D eigenvalue weighted by Gasteiger charge is 2.15. The van der Waals surface area contributed by atoms with E-state index in [-0.39, 0.29) is 4.90 Å². The van der Waals surface area contributed by atoms with Crippen molar-refractivity contribution in [1.29, 1.82) is 0 Å². The standard InChI is InChI=1S/C14H24N2O4S/c1-11(2)10-20-8-4-7-16-21(17,18)12-5-6-13(15)14(9-12)19-3/h5-6,9,11,16H,4,7-8,10,15H2,1-3H3. The lowest BCUT2D eigenvalue weighted by Crippen LogP contribution is -2.25. The van der Waals surface area contributed by atoms with Gasteiger partial charge in [-0.1, -0.05) is 13.8 Å². The second-order valence-electron chi connectivity index (χ2n) is 5.12. The summed E-state index contributed by atoms with van der Waals surface area (Å²) in [6.45, 7) is 5.68. The third-order valence-electron chi connectivity index (χ3n) is 2.72. The number of nitrogens with one attached hydrogen (secondary N) is 1. The van der Waals surface area contributed by atoms with Crippen molar-refractivity contribution >= 4 is 15.7 Å². The van der Waals surface area contributed by atoms with Crippen molar-refractivity contribution in [2.45, 2.75) is 25.2 Å². The van der Waals surface area contributed by atoms with Crippen molar-refractivity contribution in [3.63, 3.8) is 0 Å². The Morgan fingerprint density at radius 2 is 2.05 bits per heavy atom. The minimum Gasteiger partial charge on any atom is -0.495 e. The maximum absolute atomic E-state index is 12.1. The Kier molecular flexibility index (Phi) is 6.94. The Labute approximate surface area is 126 Å². The first kappa shape index (κ1) is 17.7. The van der Waals surface area contributed by atoms with E-state index in [1.807, 2.05) is 0 Å². The molecule has 0 spiro atoms. The molecule has 7 heteroatoms. The summed E-state index contributed by atoms with van der Waals surface area (Å²) >= 11 is 0. The molecule has 3 N–H and O–H groups in total. The topological polar surface area (TPSA) is 90.7 Å². The van der Waals surface area contributed by atoms with Gasteiger partial charge in [-0.25, -0.2) is 13.1 Å². The molecule has 0 aliphatic carbocycles. The molecule has 21 heavy (non-hydrogen) atoms. The van der Waals surface area contributed by atoms with Crippen molar-refractivity contribution in [2.75, 3.05) is 32.6 Å². The maximum atomic E-state index is 12.1. The minimum absolute atomic E-state index is 0.136. The van der Waals surface area contributed by atoms with Crippen LogP contribution in [0.25, 0.3) is 0 Å². The first-order valence-electron chi connectivity index (χ1n) is 6.87. The van der Waals surface area contributed by atoms with Crippen LogP contribution >= 0.6 is 0 Å². The molecule has 0 bridgehead atoms. The van der Waals surface area contributed by atoms with Crippen LogP contribution in [0.5, 0.6) is 5.75 Å². The van der Waals surface area contributed by atoms with E-state index < -0.39 is 10.0 Å². The van der Waals surface area contributed by atoms with Gasteiger partial charge in [0.25, 0.3) is 0 Å². The van der Waals surface area contributed by atoms with Gasteiger partial charge >= 0.3 is 0 Å². The lowest BCUT2D eigenvalue weighted by atomic mass is 10.2. The van der Waals surface area contributed by atoms with Crippen molar-refractivity contribution in [2.24, 2.45) is 5.92 Å². The fourth-order valence-electron chi connectivity index (χ4n) is 1.64. The molecule has 0 amide bonds. The number of nitrogen functional groups attached to an aromatic ring is 1. The molecule has 0 saturated carbocycles. The largest absolute Gasteiger partial charge is 0.495 e. The average molecular weight is 316 g/mol. The molecule has 6 nitrogen and oxygen atoms in total. The molecule has 1 rings (SSSR count). The molecule has 1 aromatic rings. The molecule has 0 aliphatic rings. The molecule has 1 aromatic carbocycles. The van der Waals surface area contributed by atoms with Crippen molar-refractivity contribution < 1.29 is 17.9 Å². The maximum Gasteiger partial charge on any atom is 0.240 e. The third-order valence-corrected chi connectivity index (χ3v) is 4.18. The van der Waals surface area contributed by atoms with Gasteiger partial charge in [-0.3, -0.25) is 0 Å². The Morgan fingerprint density at radius 3 is 2.67 bits per heavy atom. The lowest BCUT2D eigenvalue weighted by molar-refractivity contribution is 0.108. The quantitative estimate of drug-likeness (QED) is 0.533. The molecule has 0 aromatic heterocycles. The smallest absolute Gasteiger partial charge is 0.240 e. The van der Waals surface area contributed by atoms with Gasteiger partial charge in [-0.05, 0) is 24.5 Å². The van der Waals surface area contributed by atoms with Gasteiger partial charge in [0, 0.05) is 25.8 Å². The fourth-order valence-corrected chi connectivity index (χ4v) is 2.73. The number of rotatable bonds is 9. The number of ether oxygens (including phenoxy) is 2. The van der Waals surface area contributed by atoms with E-state index in [1.165, 1.54) is 25.3 Å². The summed E-state index contributed by atoms with van der Waals surface area (Å²) in [6, 6.07) is 4.38. The normalized spacial score (nSPS) is 11.8. The number of benzene rings is 1. The molecule has 0 unspecified atom stereocenters. The highest BCUT2D eigenvalue weighted by molar-refractivity contribution is 7.89. The number of hydrogen-bond acceptors (Lipinski definition) is 5. The van der Waals surface area contributed by atoms with Crippen LogP contribution in [-0.2, 0) is 14.8 Å². The van der Waals surface area contributed by atoms with E-state index in [4.69, 9.17) is 15.2 Å². The first-order valence-corrected chi connectivity index (χ1v) is 8.36. The van der Waals surface area contributed by atoms with Crippen molar-refractivity contribution in [3.05, 3.63) is 18.2 Å². The second-order valence-corrected chi connectivity index (χ2v) is 6.89. The summed E-state index contributed by atoms with van der Waals surface area (Å²) < 4.78 is 37.2. The van der Waals surface area contributed by atoms with E-state index in [9.17, 15) is 8.42 Å². The number of sulfonamides is 1. The number of anilines is 1. The third kappa shape index (κ3) is 5.91. The minimum atomic E-state index is -3.55. The number of methoxy groups -OCH3 is 1. The zero-order valence-electron chi connectivity index (χ0n) is 12.8. The Balaban J connectivity index is 2.50. The van der Waals surface area contributed by atoms with Crippen LogP contribution in [0.1, 0.15) is 20.3 Å². The highest BCUT2D eigenvalue weighted by atomic mass is 32.2. The second kappa shape index (κ2) is 8.21. The zero-order chi connectivity index (χ0) is 15.9. The summed E-state index contributed by atoms with van der Waals surface area (Å²) in [4.78, 5) is 0.136. The summed E-state index contributed by atoms with van der Waals surface area (Å²) in [5, 5.41) is 0. The van der Waals surface area contributed by atoms with Gasteiger partial charge < -0.3 is 15.2 Å². The van der Waals surface area contributed by atoms with E-state index >= 15 is 0 Å². The molecule has 120 valence electrons. The van der Waals surface area contributed by atoms with E-state index in [0.717, 1.165) is 0 Å². The van der Waals surface area contributed by atoms with Crippen molar-refractivity contribution in [3.8, 4) is 5.75 Å². The van der Waals surface area contributed by atoms with Gasteiger partial charge in [0.05, 0.1) is 17.7 Å². The van der Waals surface area contributed by atoms with Crippen LogP contribution in [0, 0.1) is 5.92 Å². The number of nitrogens with two attached hydrogens (primary N) is 1. The van der Waals surface area contributed by atoms with Crippen LogP contribution < -0.4 is 15.2 Å². The Morgan fingerprint density at radius 1 is 1.33 bits per heavy atom. The monoisotopic (exact) mass is 316 g/mol. The van der Waals surface area contributed by atoms with Crippen LogP contribution in [0.15, 0.2) is 23.1 Å². The van der Waals surface area contributed by atoms with Gasteiger partial charge in [0.2, 0.25) is 10.0 Å². The molecule has 0 radical (unpaired) electrons. The van der Waals surface area contributed by atoms with Gasteiger partial charge in [-0.15, -0.1) is 0 Å². The summed E-state index contributed by atoms with van der Waals surface area (Å²) in [6.07, 6.45) is 0.623. The Hall–Kier alpha value is -1.31. The molecule has 0 fully saturated rings. The SMILES string of the molecule is COc1cc(S(=O)(=O)NCCCOCC(C)C)ccc1N. The highest BCUT2D eigenvalue weighted by Crippen LogP contribution is 2.24.